The van der Waals surface area contributed by atoms with Crippen molar-refractivity contribution in [3.63, 3.8) is 0 Å². The highest BCUT2D eigenvalue weighted by Gasteiger charge is 2.39. The molecule has 192 valence electrons. The predicted octanol–water partition coefficient (Wildman–Crippen LogP) is 4.24. The molecule has 8 nitrogen and oxygen atoms in total. The molecule has 0 atom stereocenters. The molecule has 2 aromatic heterocycles. The number of aromatic nitrogens is 1. The van der Waals surface area contributed by atoms with Crippen molar-refractivity contribution in [2.75, 3.05) is 32.7 Å². The van der Waals surface area contributed by atoms with E-state index in [1.54, 1.807) is 6.07 Å². The van der Waals surface area contributed by atoms with E-state index < -0.39 is 0 Å². The number of furan rings is 1. The van der Waals surface area contributed by atoms with Crippen molar-refractivity contribution in [2.45, 2.75) is 84.1 Å². The van der Waals surface area contributed by atoms with E-state index >= 15 is 0 Å². The Bertz CT molecular complexity index is 985. The Hall–Kier alpha value is -2.61. The fraction of sp³-hybridized carbons (Fsp3) is 0.667. The zero-order valence-corrected chi connectivity index (χ0v) is 21.5. The molecule has 4 rings (SSSR count). The third-order valence-electron chi connectivity index (χ3n) is 7.69. The molecule has 0 aromatic carbocycles. The molecule has 0 bridgehead atoms. The van der Waals surface area contributed by atoms with Gasteiger partial charge >= 0.3 is 0 Å². The van der Waals surface area contributed by atoms with Gasteiger partial charge in [-0.3, -0.25) is 14.5 Å². The molecule has 2 aromatic rings. The van der Waals surface area contributed by atoms with E-state index in [0.717, 1.165) is 55.8 Å². The van der Waals surface area contributed by atoms with Crippen molar-refractivity contribution in [1.29, 1.82) is 0 Å². The first-order chi connectivity index (χ1) is 16.9. The lowest BCUT2D eigenvalue weighted by Crippen LogP contribution is -2.53. The first-order valence-electron chi connectivity index (χ1n) is 13.2. The van der Waals surface area contributed by atoms with Crippen molar-refractivity contribution < 1.29 is 18.5 Å². The van der Waals surface area contributed by atoms with Crippen LogP contribution in [0.3, 0.4) is 0 Å². The zero-order chi connectivity index (χ0) is 24.8. The highest BCUT2D eigenvalue weighted by Crippen LogP contribution is 2.37. The number of nitrogens with zero attached hydrogens (tertiary/aromatic N) is 3. The molecule has 1 saturated carbocycles. The van der Waals surface area contributed by atoms with Gasteiger partial charge in [-0.25, -0.2) is 0 Å². The Kier molecular flexibility index (Phi) is 8.31. The standard InChI is InChI=1S/C27H40N4O4/c1-4-14-31-16-8-15-30(17-13-28-25(32)19-27(31)11-6-5-7-12-27)26(33)24-10-9-22(34-24)18-23-20(2)29-35-21(23)3/h9-10H,4-8,11-19H2,1-3H3,(H,28,32). The van der Waals surface area contributed by atoms with Gasteiger partial charge in [0.1, 0.15) is 11.5 Å². The lowest BCUT2D eigenvalue weighted by molar-refractivity contribution is -0.125. The summed E-state index contributed by atoms with van der Waals surface area (Å²) in [5, 5.41) is 7.09. The van der Waals surface area contributed by atoms with Crippen molar-refractivity contribution in [1.82, 2.24) is 20.3 Å². The minimum absolute atomic E-state index is 0.0361. The summed E-state index contributed by atoms with van der Waals surface area (Å²) in [6, 6.07) is 3.60. The average Bonchev–Trinajstić information content (AvgIpc) is 3.44. The van der Waals surface area contributed by atoms with Gasteiger partial charge in [0.05, 0.1) is 5.69 Å². The topological polar surface area (TPSA) is 91.8 Å². The van der Waals surface area contributed by atoms with E-state index in [1.807, 2.05) is 24.8 Å². The smallest absolute Gasteiger partial charge is 0.289 e. The van der Waals surface area contributed by atoms with Gasteiger partial charge in [-0.05, 0) is 58.2 Å². The van der Waals surface area contributed by atoms with Crippen molar-refractivity contribution in [3.8, 4) is 0 Å². The Morgan fingerprint density at radius 3 is 2.63 bits per heavy atom. The number of carbonyl (C=O) groups excluding carboxylic acids is 2. The number of nitrogens with one attached hydrogen (secondary N) is 1. The highest BCUT2D eigenvalue weighted by molar-refractivity contribution is 5.91. The lowest BCUT2D eigenvalue weighted by Gasteiger charge is -2.46. The summed E-state index contributed by atoms with van der Waals surface area (Å²) in [4.78, 5) is 30.6. The van der Waals surface area contributed by atoms with Crippen molar-refractivity contribution >= 4 is 11.8 Å². The Morgan fingerprint density at radius 1 is 1.11 bits per heavy atom. The van der Waals surface area contributed by atoms with Crippen LogP contribution in [-0.4, -0.2) is 65.0 Å². The second kappa shape index (κ2) is 11.4. The van der Waals surface area contributed by atoms with Crippen LogP contribution in [0, 0.1) is 13.8 Å². The van der Waals surface area contributed by atoms with Crippen LogP contribution in [0.15, 0.2) is 21.1 Å². The summed E-state index contributed by atoms with van der Waals surface area (Å²) >= 11 is 0. The van der Waals surface area contributed by atoms with Crippen LogP contribution in [0.1, 0.15) is 91.6 Å². The van der Waals surface area contributed by atoms with Gasteiger partial charge in [-0.2, -0.15) is 0 Å². The average molecular weight is 485 g/mol. The van der Waals surface area contributed by atoms with Crippen molar-refractivity contribution in [3.05, 3.63) is 40.7 Å². The summed E-state index contributed by atoms with van der Waals surface area (Å²) in [7, 11) is 0. The summed E-state index contributed by atoms with van der Waals surface area (Å²) in [5.74, 6) is 1.78. The van der Waals surface area contributed by atoms with Gasteiger partial charge in [-0.1, -0.05) is 31.3 Å². The summed E-state index contributed by atoms with van der Waals surface area (Å²) in [6.45, 7) is 9.46. The summed E-state index contributed by atoms with van der Waals surface area (Å²) < 4.78 is 11.2. The summed E-state index contributed by atoms with van der Waals surface area (Å²) in [6.07, 6.45) is 8.85. The molecular weight excluding hydrogens is 444 g/mol. The van der Waals surface area contributed by atoms with Gasteiger partial charge in [-0.15, -0.1) is 0 Å². The number of amides is 2. The van der Waals surface area contributed by atoms with Gasteiger partial charge in [0.15, 0.2) is 5.76 Å². The van der Waals surface area contributed by atoms with Crippen LogP contribution in [0.5, 0.6) is 0 Å². The molecule has 2 aliphatic rings. The van der Waals surface area contributed by atoms with Crippen LogP contribution < -0.4 is 5.32 Å². The van der Waals surface area contributed by atoms with E-state index in [4.69, 9.17) is 8.94 Å². The van der Waals surface area contributed by atoms with Crippen LogP contribution in [-0.2, 0) is 11.2 Å². The third kappa shape index (κ3) is 5.97. The fourth-order valence-electron chi connectivity index (χ4n) is 5.80. The molecule has 0 radical (unpaired) electrons. The van der Waals surface area contributed by atoms with Crippen molar-refractivity contribution in [2.24, 2.45) is 0 Å². The largest absolute Gasteiger partial charge is 0.456 e. The second-order valence-corrected chi connectivity index (χ2v) is 10.2. The molecule has 3 heterocycles. The number of rotatable bonds is 5. The minimum atomic E-state index is -0.127. The molecule has 1 aliphatic heterocycles. The molecule has 2 fully saturated rings. The molecule has 1 aliphatic carbocycles. The zero-order valence-electron chi connectivity index (χ0n) is 21.5. The highest BCUT2D eigenvalue weighted by atomic mass is 16.5. The molecule has 2 amide bonds. The summed E-state index contributed by atoms with van der Waals surface area (Å²) in [5.41, 5.74) is 1.79. The Morgan fingerprint density at radius 2 is 1.91 bits per heavy atom. The van der Waals surface area contributed by atoms with Gasteiger partial charge in [0, 0.05) is 50.1 Å². The fourth-order valence-corrected chi connectivity index (χ4v) is 5.80. The van der Waals surface area contributed by atoms with E-state index in [9.17, 15) is 9.59 Å². The predicted molar refractivity (Wildman–Crippen MR) is 133 cm³/mol. The number of hydrogen-bond acceptors (Lipinski definition) is 6. The monoisotopic (exact) mass is 484 g/mol. The van der Waals surface area contributed by atoms with Crippen LogP contribution >= 0.6 is 0 Å². The maximum atomic E-state index is 13.4. The van der Waals surface area contributed by atoms with E-state index in [-0.39, 0.29) is 17.4 Å². The normalized spacial score (nSPS) is 20.0. The lowest BCUT2D eigenvalue weighted by atomic mass is 9.77. The van der Waals surface area contributed by atoms with Crippen LogP contribution in [0.4, 0.5) is 0 Å². The first-order valence-corrected chi connectivity index (χ1v) is 13.2. The molecule has 1 spiro atoms. The molecule has 1 N–H and O–H groups in total. The first kappa shape index (κ1) is 25.5. The van der Waals surface area contributed by atoms with Gasteiger partial charge < -0.3 is 19.2 Å². The van der Waals surface area contributed by atoms with Gasteiger partial charge in [0.2, 0.25) is 5.91 Å². The second-order valence-electron chi connectivity index (χ2n) is 10.2. The quantitative estimate of drug-likeness (QED) is 0.682. The number of aryl methyl sites for hydroxylation is 2. The van der Waals surface area contributed by atoms with Crippen LogP contribution in [0.2, 0.25) is 0 Å². The SMILES string of the molecule is CCCN1CCCN(C(=O)c2ccc(Cc3c(C)noc3C)o2)CCNC(=O)CC12CCCCC2. The molecular formula is C27H40N4O4. The molecule has 1 saturated heterocycles. The number of carbonyl (C=O) groups is 2. The maximum Gasteiger partial charge on any atom is 0.289 e. The number of hydrogen-bond donors (Lipinski definition) is 1. The third-order valence-corrected chi connectivity index (χ3v) is 7.69. The van der Waals surface area contributed by atoms with Crippen LogP contribution in [0.25, 0.3) is 0 Å². The molecule has 35 heavy (non-hydrogen) atoms. The minimum Gasteiger partial charge on any atom is -0.456 e. The molecule has 8 heteroatoms. The van der Waals surface area contributed by atoms with E-state index in [0.29, 0.717) is 44.0 Å². The van der Waals surface area contributed by atoms with E-state index in [2.05, 4.69) is 22.3 Å². The van der Waals surface area contributed by atoms with Gasteiger partial charge in [0.25, 0.3) is 5.91 Å². The molecule has 0 unspecified atom stereocenters. The Balaban J connectivity index is 1.46. The Labute approximate surface area is 208 Å². The van der Waals surface area contributed by atoms with E-state index in [1.165, 1.54) is 19.3 Å². The maximum absolute atomic E-state index is 13.4.